The molecule has 7 heteroatoms. The third-order valence-corrected chi connectivity index (χ3v) is 4.37. The second kappa shape index (κ2) is 6.11. The van der Waals surface area contributed by atoms with Crippen molar-refractivity contribution in [2.24, 2.45) is 5.73 Å². The number of likely N-dealkylation sites (N-methyl/N-ethyl adjacent to an activating group) is 1. The molecule has 0 fully saturated rings. The molecule has 1 unspecified atom stereocenters. The number of hydrogen-bond acceptors (Lipinski definition) is 3. The summed E-state index contributed by atoms with van der Waals surface area (Å²) >= 11 is 5.83. The van der Waals surface area contributed by atoms with Crippen LogP contribution in [0.3, 0.4) is 0 Å². The van der Waals surface area contributed by atoms with E-state index in [-0.39, 0.29) is 27.8 Å². The highest BCUT2D eigenvalue weighted by Crippen LogP contribution is 2.40. The highest BCUT2D eigenvalue weighted by atomic mass is 35.5. The number of nitrogens with zero attached hydrogens (tertiary/aromatic N) is 1. The third kappa shape index (κ3) is 3.09. The predicted molar refractivity (Wildman–Crippen MR) is 89.5 cm³/mol. The normalized spacial score (nSPS) is 18.2. The summed E-state index contributed by atoms with van der Waals surface area (Å²) in [4.78, 5) is 14.5. The number of benzene rings is 2. The van der Waals surface area contributed by atoms with E-state index >= 15 is 0 Å². The molecule has 0 bridgehead atoms. The number of ketones is 1. The topological polar surface area (TPSA) is 46.3 Å². The van der Waals surface area contributed by atoms with Crippen LogP contribution in [0, 0.1) is 0 Å². The Kier molecular flexibility index (Phi) is 4.24. The summed E-state index contributed by atoms with van der Waals surface area (Å²) in [6.07, 6.45) is -4.57. The summed E-state index contributed by atoms with van der Waals surface area (Å²) in [7, 11) is 1.63. The van der Waals surface area contributed by atoms with Crippen LogP contribution in [0.2, 0.25) is 5.02 Å². The van der Waals surface area contributed by atoms with Crippen LogP contribution in [-0.4, -0.2) is 17.7 Å². The van der Waals surface area contributed by atoms with Gasteiger partial charge in [0.05, 0.1) is 11.1 Å². The van der Waals surface area contributed by atoms with Crippen LogP contribution in [0.25, 0.3) is 5.57 Å². The molecule has 2 N–H and O–H groups in total. The van der Waals surface area contributed by atoms with E-state index in [4.69, 9.17) is 17.3 Å². The van der Waals surface area contributed by atoms with Gasteiger partial charge in [-0.05, 0) is 29.3 Å². The zero-order chi connectivity index (χ0) is 18.4. The van der Waals surface area contributed by atoms with Crippen molar-refractivity contribution in [1.82, 2.24) is 4.90 Å². The number of halogens is 4. The molecular formula is C18H14ClF3N2O. The minimum Gasteiger partial charge on any atom is -0.385 e. The van der Waals surface area contributed by atoms with Crippen LogP contribution in [0.15, 0.2) is 54.4 Å². The first-order valence-corrected chi connectivity index (χ1v) is 7.78. The molecule has 130 valence electrons. The van der Waals surface area contributed by atoms with E-state index in [0.29, 0.717) is 5.56 Å². The molecule has 0 radical (unpaired) electrons. The van der Waals surface area contributed by atoms with Crippen molar-refractivity contribution >= 4 is 23.0 Å². The van der Waals surface area contributed by atoms with Gasteiger partial charge in [0.15, 0.2) is 5.78 Å². The molecule has 0 aromatic heterocycles. The lowest BCUT2D eigenvalue weighted by atomic mass is 9.95. The lowest BCUT2D eigenvalue weighted by molar-refractivity contribution is -0.137. The first-order valence-electron chi connectivity index (χ1n) is 7.40. The number of hydrogen-bond donors (Lipinski definition) is 1. The first kappa shape index (κ1) is 17.4. The molecule has 2 aromatic rings. The van der Waals surface area contributed by atoms with E-state index in [1.165, 1.54) is 6.07 Å². The molecule has 0 saturated heterocycles. The fraction of sp³-hybridized carbons (Fsp3) is 0.167. The van der Waals surface area contributed by atoms with Crippen LogP contribution in [0.1, 0.15) is 22.7 Å². The van der Waals surface area contributed by atoms with Crippen molar-refractivity contribution in [2.45, 2.75) is 12.2 Å². The largest absolute Gasteiger partial charge is 0.416 e. The van der Waals surface area contributed by atoms with Crippen molar-refractivity contribution in [1.29, 1.82) is 0 Å². The number of rotatable bonds is 2. The Balaban J connectivity index is 2.09. The van der Waals surface area contributed by atoms with E-state index < -0.39 is 17.8 Å². The van der Waals surface area contributed by atoms with Gasteiger partial charge < -0.3 is 10.6 Å². The fourth-order valence-corrected chi connectivity index (χ4v) is 3.19. The molecule has 2 aromatic carbocycles. The molecule has 1 heterocycles. The lowest BCUT2D eigenvalue weighted by Gasteiger charge is -2.21. The molecular weight excluding hydrogens is 353 g/mol. The molecule has 1 atom stereocenters. The van der Waals surface area contributed by atoms with Crippen LogP contribution in [0.5, 0.6) is 0 Å². The minimum absolute atomic E-state index is 0.0457. The van der Waals surface area contributed by atoms with E-state index in [0.717, 1.165) is 12.1 Å². The van der Waals surface area contributed by atoms with Crippen molar-refractivity contribution in [2.75, 3.05) is 7.05 Å². The molecule has 1 aliphatic rings. The van der Waals surface area contributed by atoms with Crippen LogP contribution < -0.4 is 5.73 Å². The molecule has 1 aliphatic heterocycles. The maximum Gasteiger partial charge on any atom is 0.416 e. The minimum atomic E-state index is -4.57. The Morgan fingerprint density at radius 2 is 1.76 bits per heavy atom. The monoisotopic (exact) mass is 366 g/mol. The Hall–Kier alpha value is -2.47. The third-order valence-electron chi connectivity index (χ3n) is 4.15. The summed E-state index contributed by atoms with van der Waals surface area (Å²) in [6, 6.07) is 11.3. The van der Waals surface area contributed by atoms with E-state index in [1.807, 2.05) is 6.07 Å². The number of carbonyl (C=O) groups excluding carboxylic acids is 1. The predicted octanol–water partition coefficient (Wildman–Crippen LogP) is 4.24. The van der Waals surface area contributed by atoms with Gasteiger partial charge in [-0.2, -0.15) is 13.2 Å². The van der Waals surface area contributed by atoms with Gasteiger partial charge in [0.25, 0.3) is 0 Å². The maximum atomic E-state index is 13.0. The molecule has 3 nitrogen and oxygen atoms in total. The van der Waals surface area contributed by atoms with Crippen LogP contribution in [-0.2, 0) is 11.0 Å². The maximum absolute atomic E-state index is 13.0. The van der Waals surface area contributed by atoms with E-state index in [1.54, 1.807) is 36.2 Å². The van der Waals surface area contributed by atoms with Gasteiger partial charge in [-0.25, -0.2) is 0 Å². The standard InChI is InChI=1S/C18H14ClF3N2O/c1-24-15(10-5-3-2-4-6-10)16(25)14(17(24)23)11-7-12(18(20,21)22)9-13(19)8-11/h2-9,15H,23H2,1H3. The second-order valence-corrected chi connectivity index (χ2v) is 6.21. The molecule has 0 amide bonds. The van der Waals surface area contributed by atoms with Gasteiger partial charge in [-0.1, -0.05) is 41.9 Å². The highest BCUT2D eigenvalue weighted by Gasteiger charge is 2.39. The average molecular weight is 367 g/mol. The van der Waals surface area contributed by atoms with Crippen LogP contribution >= 0.6 is 11.6 Å². The Bertz CT molecular complexity index is 862. The number of nitrogens with two attached hydrogens (primary N) is 1. The summed E-state index contributed by atoms with van der Waals surface area (Å²) < 4.78 is 39.1. The number of Topliss-reactive ketones (excluding diaryl/α,β-unsaturated/α-hetero) is 1. The zero-order valence-corrected chi connectivity index (χ0v) is 13.9. The van der Waals surface area contributed by atoms with E-state index in [9.17, 15) is 18.0 Å². The molecule has 25 heavy (non-hydrogen) atoms. The molecule has 3 rings (SSSR count). The second-order valence-electron chi connectivity index (χ2n) is 5.77. The van der Waals surface area contributed by atoms with Crippen LogP contribution in [0.4, 0.5) is 13.2 Å². The quantitative estimate of drug-likeness (QED) is 0.864. The number of alkyl halides is 3. The zero-order valence-electron chi connectivity index (χ0n) is 13.1. The van der Waals surface area contributed by atoms with Gasteiger partial charge >= 0.3 is 6.18 Å². The van der Waals surface area contributed by atoms with Gasteiger partial charge in [-0.3, -0.25) is 4.79 Å². The summed E-state index contributed by atoms with van der Waals surface area (Å²) in [5.41, 5.74) is 5.94. The van der Waals surface area contributed by atoms with Crippen molar-refractivity contribution in [3.05, 3.63) is 76.1 Å². The SMILES string of the molecule is CN1C(N)=C(c2cc(Cl)cc(C(F)(F)F)c2)C(=O)C1c1ccccc1. The fourth-order valence-electron chi connectivity index (χ4n) is 2.95. The lowest BCUT2D eigenvalue weighted by Crippen LogP contribution is -2.25. The van der Waals surface area contributed by atoms with Gasteiger partial charge in [0.2, 0.25) is 0 Å². The Labute approximate surface area is 147 Å². The highest BCUT2D eigenvalue weighted by molar-refractivity contribution is 6.32. The molecule has 0 aliphatic carbocycles. The number of carbonyl (C=O) groups is 1. The average Bonchev–Trinajstić information content (AvgIpc) is 2.76. The summed E-state index contributed by atoms with van der Waals surface area (Å²) in [5, 5.41) is -0.108. The Morgan fingerprint density at radius 3 is 2.36 bits per heavy atom. The van der Waals surface area contributed by atoms with Crippen molar-refractivity contribution < 1.29 is 18.0 Å². The van der Waals surface area contributed by atoms with Gasteiger partial charge in [0.1, 0.15) is 11.9 Å². The van der Waals surface area contributed by atoms with E-state index in [2.05, 4.69) is 0 Å². The molecule has 0 spiro atoms. The Morgan fingerprint density at radius 1 is 1.12 bits per heavy atom. The first-order chi connectivity index (χ1) is 11.7. The van der Waals surface area contributed by atoms with Gasteiger partial charge in [-0.15, -0.1) is 0 Å². The summed E-state index contributed by atoms with van der Waals surface area (Å²) in [5.74, 6) is -0.240. The smallest absolute Gasteiger partial charge is 0.385 e. The van der Waals surface area contributed by atoms with Crippen molar-refractivity contribution in [3.8, 4) is 0 Å². The van der Waals surface area contributed by atoms with Crippen molar-refractivity contribution in [3.63, 3.8) is 0 Å². The van der Waals surface area contributed by atoms with Gasteiger partial charge in [0, 0.05) is 12.1 Å². The summed E-state index contributed by atoms with van der Waals surface area (Å²) in [6.45, 7) is 0. The molecule has 0 saturated carbocycles.